The average Bonchev–Trinajstić information content (AvgIpc) is 2.82. The highest BCUT2D eigenvalue weighted by molar-refractivity contribution is 5.45. The Bertz CT molecular complexity index is 896. The van der Waals surface area contributed by atoms with Crippen molar-refractivity contribution in [1.82, 2.24) is 0 Å². The van der Waals surface area contributed by atoms with Gasteiger partial charge in [0.15, 0.2) is 0 Å². The zero-order chi connectivity index (χ0) is 21.5. The van der Waals surface area contributed by atoms with Gasteiger partial charge in [-0.3, -0.25) is 0 Å². The molecule has 2 fully saturated rings. The Kier molecular flexibility index (Phi) is 7.52. The molecule has 0 aromatic heterocycles. The van der Waals surface area contributed by atoms with Crippen LogP contribution in [-0.4, -0.2) is 6.61 Å². The standard InChI is InChI=1S/C30H36O/c1-3-5-25-10-15-29-22-28(17-16-27(29)21-25)26-13-8-23(9-14-26)6-7-24-11-18-30(19-12-24)31-20-4-2/h4,8-9,11-14,18-19,25,27-29H,2-3,5,10,15-17,20-22H2,1H3. The Morgan fingerprint density at radius 2 is 1.52 bits per heavy atom. The van der Waals surface area contributed by atoms with E-state index in [9.17, 15) is 0 Å². The lowest BCUT2D eigenvalue weighted by Gasteiger charge is -2.42. The topological polar surface area (TPSA) is 9.23 Å². The summed E-state index contributed by atoms with van der Waals surface area (Å²) in [5.74, 6) is 11.1. The third kappa shape index (κ3) is 5.82. The summed E-state index contributed by atoms with van der Waals surface area (Å²) in [5.41, 5.74) is 3.61. The van der Waals surface area contributed by atoms with Crippen molar-refractivity contribution >= 4 is 0 Å². The smallest absolute Gasteiger partial charge is 0.119 e. The van der Waals surface area contributed by atoms with Crippen molar-refractivity contribution in [1.29, 1.82) is 0 Å². The number of fused-ring (bicyclic) bond motifs is 1. The van der Waals surface area contributed by atoms with Crippen molar-refractivity contribution in [3.05, 3.63) is 77.9 Å². The molecule has 2 aliphatic carbocycles. The van der Waals surface area contributed by atoms with Crippen molar-refractivity contribution in [2.24, 2.45) is 17.8 Å². The molecule has 31 heavy (non-hydrogen) atoms. The number of hydrogen-bond donors (Lipinski definition) is 0. The molecule has 4 rings (SSSR count). The number of ether oxygens (including phenoxy) is 1. The van der Waals surface area contributed by atoms with Crippen LogP contribution < -0.4 is 4.74 Å². The molecule has 0 amide bonds. The minimum absolute atomic E-state index is 0.527. The van der Waals surface area contributed by atoms with E-state index in [-0.39, 0.29) is 0 Å². The molecule has 0 aliphatic heterocycles. The normalized spacial score (nSPS) is 25.1. The van der Waals surface area contributed by atoms with Crippen LogP contribution in [0.15, 0.2) is 61.2 Å². The molecule has 0 spiro atoms. The fourth-order valence-electron chi connectivity index (χ4n) is 5.73. The third-order valence-corrected chi connectivity index (χ3v) is 7.37. The molecule has 2 aromatic rings. The largest absolute Gasteiger partial charge is 0.490 e. The summed E-state index contributed by atoms with van der Waals surface area (Å²) in [6.45, 7) is 6.54. The van der Waals surface area contributed by atoms with Gasteiger partial charge in [0.1, 0.15) is 12.4 Å². The molecule has 2 aliphatic rings. The van der Waals surface area contributed by atoms with Gasteiger partial charge in [-0.25, -0.2) is 0 Å². The highest BCUT2D eigenvalue weighted by atomic mass is 16.5. The molecule has 0 bridgehead atoms. The second-order valence-corrected chi connectivity index (χ2v) is 9.49. The predicted molar refractivity (Wildman–Crippen MR) is 130 cm³/mol. The molecule has 2 saturated carbocycles. The second kappa shape index (κ2) is 10.7. The molecular formula is C30H36O. The summed E-state index contributed by atoms with van der Waals surface area (Å²) >= 11 is 0. The maximum Gasteiger partial charge on any atom is 0.119 e. The lowest BCUT2D eigenvalue weighted by atomic mass is 9.63. The average molecular weight is 413 g/mol. The van der Waals surface area contributed by atoms with Gasteiger partial charge in [-0.05, 0) is 97.7 Å². The van der Waals surface area contributed by atoms with E-state index in [0.29, 0.717) is 6.61 Å². The summed E-state index contributed by atoms with van der Waals surface area (Å²) in [4.78, 5) is 0. The first kappa shape index (κ1) is 21.8. The van der Waals surface area contributed by atoms with Gasteiger partial charge in [0.2, 0.25) is 0 Å². The van der Waals surface area contributed by atoms with Gasteiger partial charge in [-0.15, -0.1) is 0 Å². The first-order valence-corrected chi connectivity index (χ1v) is 12.2. The van der Waals surface area contributed by atoms with Crippen LogP contribution in [0.5, 0.6) is 5.75 Å². The van der Waals surface area contributed by atoms with Gasteiger partial charge in [-0.1, -0.05) is 62.8 Å². The molecule has 1 heteroatoms. The van der Waals surface area contributed by atoms with Crippen LogP contribution in [0, 0.1) is 29.6 Å². The van der Waals surface area contributed by atoms with E-state index >= 15 is 0 Å². The molecule has 0 radical (unpaired) electrons. The predicted octanol–water partition coefficient (Wildman–Crippen LogP) is 7.75. The highest BCUT2D eigenvalue weighted by Crippen LogP contribution is 2.48. The van der Waals surface area contributed by atoms with Gasteiger partial charge < -0.3 is 4.74 Å². The fourth-order valence-corrected chi connectivity index (χ4v) is 5.73. The minimum Gasteiger partial charge on any atom is -0.490 e. The van der Waals surface area contributed by atoms with Crippen LogP contribution in [-0.2, 0) is 0 Å². The van der Waals surface area contributed by atoms with Gasteiger partial charge in [0.05, 0.1) is 0 Å². The van der Waals surface area contributed by atoms with Gasteiger partial charge in [-0.2, -0.15) is 0 Å². The summed E-state index contributed by atoms with van der Waals surface area (Å²) in [6.07, 6.45) is 13.2. The first-order valence-electron chi connectivity index (χ1n) is 12.2. The highest BCUT2D eigenvalue weighted by Gasteiger charge is 2.35. The van der Waals surface area contributed by atoms with Crippen LogP contribution in [0.1, 0.15) is 80.9 Å². The maximum atomic E-state index is 5.53. The van der Waals surface area contributed by atoms with E-state index in [1.54, 1.807) is 6.08 Å². The van der Waals surface area contributed by atoms with Gasteiger partial charge in [0, 0.05) is 11.1 Å². The molecule has 1 nitrogen and oxygen atoms in total. The summed E-state index contributed by atoms with van der Waals surface area (Å²) in [5, 5.41) is 0. The SMILES string of the molecule is C=CCOc1ccc(C#Cc2ccc(C3CCC4CC(CCC)CCC4C3)cc2)cc1. The monoisotopic (exact) mass is 412 g/mol. The molecular weight excluding hydrogens is 376 g/mol. The molecule has 2 aromatic carbocycles. The third-order valence-electron chi connectivity index (χ3n) is 7.37. The molecule has 0 heterocycles. The molecule has 4 atom stereocenters. The van der Waals surface area contributed by atoms with Crippen LogP contribution in [0.25, 0.3) is 0 Å². The van der Waals surface area contributed by atoms with Crippen molar-refractivity contribution < 1.29 is 4.74 Å². The Labute approximate surface area is 188 Å². The minimum atomic E-state index is 0.527. The van der Waals surface area contributed by atoms with E-state index in [4.69, 9.17) is 4.74 Å². The van der Waals surface area contributed by atoms with Crippen molar-refractivity contribution in [2.75, 3.05) is 6.61 Å². The van der Waals surface area contributed by atoms with E-state index in [0.717, 1.165) is 40.5 Å². The number of benzene rings is 2. The molecule has 4 unspecified atom stereocenters. The molecule has 162 valence electrons. The van der Waals surface area contributed by atoms with Crippen LogP contribution in [0.2, 0.25) is 0 Å². The van der Waals surface area contributed by atoms with E-state index in [1.807, 2.05) is 24.3 Å². The van der Waals surface area contributed by atoms with Crippen molar-refractivity contribution in [2.45, 2.75) is 64.2 Å². The van der Waals surface area contributed by atoms with Crippen molar-refractivity contribution in [3.63, 3.8) is 0 Å². The van der Waals surface area contributed by atoms with Gasteiger partial charge >= 0.3 is 0 Å². The number of rotatable bonds is 6. The number of hydrogen-bond acceptors (Lipinski definition) is 1. The Balaban J connectivity index is 1.33. The van der Waals surface area contributed by atoms with Crippen LogP contribution in [0.4, 0.5) is 0 Å². The van der Waals surface area contributed by atoms with Crippen molar-refractivity contribution in [3.8, 4) is 17.6 Å². The van der Waals surface area contributed by atoms with E-state index in [2.05, 4.69) is 49.6 Å². The zero-order valence-corrected chi connectivity index (χ0v) is 19.0. The molecule has 0 saturated heterocycles. The Hall–Kier alpha value is -2.46. The Morgan fingerprint density at radius 3 is 2.19 bits per heavy atom. The fraction of sp³-hybridized carbons (Fsp3) is 0.467. The summed E-state index contributed by atoms with van der Waals surface area (Å²) in [7, 11) is 0. The summed E-state index contributed by atoms with van der Waals surface area (Å²) in [6, 6.07) is 17.0. The molecule has 0 N–H and O–H groups in total. The maximum absolute atomic E-state index is 5.53. The second-order valence-electron chi connectivity index (χ2n) is 9.49. The van der Waals surface area contributed by atoms with E-state index < -0.39 is 0 Å². The van der Waals surface area contributed by atoms with Crippen LogP contribution >= 0.6 is 0 Å². The lowest BCUT2D eigenvalue weighted by Crippen LogP contribution is -2.30. The van der Waals surface area contributed by atoms with E-state index in [1.165, 1.54) is 56.9 Å². The summed E-state index contributed by atoms with van der Waals surface area (Å²) < 4.78 is 5.53. The zero-order valence-electron chi connectivity index (χ0n) is 19.0. The first-order chi connectivity index (χ1) is 15.2. The lowest BCUT2D eigenvalue weighted by molar-refractivity contribution is 0.114. The quantitative estimate of drug-likeness (QED) is 0.348. The van der Waals surface area contributed by atoms with Crippen LogP contribution in [0.3, 0.4) is 0 Å². The Morgan fingerprint density at radius 1 is 0.871 bits per heavy atom. The van der Waals surface area contributed by atoms with Gasteiger partial charge in [0.25, 0.3) is 0 Å².